The Morgan fingerprint density at radius 3 is 2.92 bits per heavy atom. The lowest BCUT2D eigenvalue weighted by molar-refractivity contribution is 0.714. The molecule has 0 bridgehead atoms. The molecule has 70 valence electrons. The van der Waals surface area contributed by atoms with Crippen LogP contribution in [0.5, 0.6) is 0 Å². The predicted molar refractivity (Wildman–Crippen MR) is 55.0 cm³/mol. The summed E-state index contributed by atoms with van der Waals surface area (Å²) in [6.45, 7) is 2.02. The summed E-state index contributed by atoms with van der Waals surface area (Å²) in [6, 6.07) is 2.00. The van der Waals surface area contributed by atoms with Gasteiger partial charge in [0, 0.05) is 6.20 Å². The van der Waals surface area contributed by atoms with E-state index in [1.807, 2.05) is 19.2 Å². The van der Waals surface area contributed by atoms with Crippen LogP contribution < -0.4 is 0 Å². The summed E-state index contributed by atoms with van der Waals surface area (Å²) in [5.74, 6) is 0.958. The Hall–Kier alpha value is -0.560. The van der Waals surface area contributed by atoms with E-state index in [9.17, 15) is 0 Å². The Morgan fingerprint density at radius 1 is 1.54 bits per heavy atom. The average molecular weight is 196 g/mol. The quantitative estimate of drug-likeness (QED) is 0.721. The molecule has 0 unspecified atom stereocenters. The first-order chi connectivity index (χ1) is 6.25. The van der Waals surface area contributed by atoms with Gasteiger partial charge in [0.05, 0.1) is 10.7 Å². The highest BCUT2D eigenvalue weighted by atomic mass is 35.5. The molecule has 1 aliphatic rings. The highest BCUT2D eigenvalue weighted by molar-refractivity contribution is 6.31. The van der Waals surface area contributed by atoms with Crippen LogP contribution in [0.1, 0.15) is 30.5 Å². The van der Waals surface area contributed by atoms with Gasteiger partial charge in [-0.3, -0.25) is 4.98 Å². The zero-order valence-corrected chi connectivity index (χ0v) is 8.64. The van der Waals surface area contributed by atoms with E-state index < -0.39 is 0 Å². The second-order valence-corrected chi connectivity index (χ2v) is 4.33. The third-order valence-electron chi connectivity index (χ3n) is 2.54. The first kappa shape index (κ1) is 9.01. The molecule has 2 rings (SSSR count). The SMILES string of the molecule is Cc1cnc(CCC2CC2)c(Cl)c1. The minimum Gasteiger partial charge on any atom is -0.259 e. The van der Waals surface area contributed by atoms with Crippen molar-refractivity contribution in [3.05, 3.63) is 28.5 Å². The molecular weight excluding hydrogens is 182 g/mol. The number of rotatable bonds is 3. The fourth-order valence-corrected chi connectivity index (χ4v) is 1.81. The minimum absolute atomic E-state index is 0.834. The van der Waals surface area contributed by atoms with Crippen LogP contribution in [0, 0.1) is 12.8 Å². The number of aromatic nitrogens is 1. The summed E-state index contributed by atoms with van der Waals surface area (Å²) in [7, 11) is 0. The molecule has 1 aromatic rings. The third kappa shape index (κ3) is 2.44. The Morgan fingerprint density at radius 2 is 2.31 bits per heavy atom. The number of aryl methyl sites for hydroxylation is 2. The Labute approximate surface area is 84.1 Å². The zero-order chi connectivity index (χ0) is 9.26. The van der Waals surface area contributed by atoms with Crippen LogP contribution >= 0.6 is 11.6 Å². The summed E-state index contributed by atoms with van der Waals surface area (Å²) in [5.41, 5.74) is 2.21. The molecule has 1 nitrogen and oxygen atoms in total. The molecular formula is C11H14ClN. The maximum Gasteiger partial charge on any atom is 0.0624 e. The van der Waals surface area contributed by atoms with E-state index in [4.69, 9.17) is 11.6 Å². The molecule has 1 aromatic heterocycles. The van der Waals surface area contributed by atoms with Gasteiger partial charge in [0.25, 0.3) is 0 Å². The first-order valence-electron chi connectivity index (χ1n) is 4.87. The first-order valence-corrected chi connectivity index (χ1v) is 5.24. The van der Waals surface area contributed by atoms with Crippen LogP contribution in [-0.2, 0) is 6.42 Å². The van der Waals surface area contributed by atoms with Crippen LogP contribution in [0.3, 0.4) is 0 Å². The molecule has 1 saturated carbocycles. The van der Waals surface area contributed by atoms with Gasteiger partial charge in [0.15, 0.2) is 0 Å². The molecule has 0 aliphatic heterocycles. The van der Waals surface area contributed by atoms with Crippen molar-refractivity contribution in [2.24, 2.45) is 5.92 Å². The molecule has 13 heavy (non-hydrogen) atoms. The third-order valence-corrected chi connectivity index (χ3v) is 2.87. The summed E-state index contributed by atoms with van der Waals surface area (Å²) >= 11 is 6.07. The van der Waals surface area contributed by atoms with Crippen LogP contribution in [0.25, 0.3) is 0 Å². The fraction of sp³-hybridized carbons (Fsp3) is 0.545. The predicted octanol–water partition coefficient (Wildman–Crippen LogP) is 3.39. The van der Waals surface area contributed by atoms with Crippen molar-refractivity contribution in [2.75, 3.05) is 0 Å². The van der Waals surface area contributed by atoms with E-state index in [2.05, 4.69) is 4.98 Å². The van der Waals surface area contributed by atoms with Crippen molar-refractivity contribution < 1.29 is 0 Å². The van der Waals surface area contributed by atoms with Crippen molar-refractivity contribution in [3.63, 3.8) is 0 Å². The molecule has 0 atom stereocenters. The van der Waals surface area contributed by atoms with Gasteiger partial charge in [-0.1, -0.05) is 24.4 Å². The molecule has 1 fully saturated rings. The molecule has 1 aliphatic carbocycles. The van der Waals surface area contributed by atoms with E-state index in [0.29, 0.717) is 0 Å². The van der Waals surface area contributed by atoms with Gasteiger partial charge >= 0.3 is 0 Å². The number of nitrogens with zero attached hydrogens (tertiary/aromatic N) is 1. The lowest BCUT2D eigenvalue weighted by atomic mass is 10.1. The van der Waals surface area contributed by atoms with Crippen LogP contribution in [-0.4, -0.2) is 4.98 Å². The molecule has 0 N–H and O–H groups in total. The van der Waals surface area contributed by atoms with Crippen molar-refractivity contribution in [1.82, 2.24) is 4.98 Å². The number of hydrogen-bond donors (Lipinski definition) is 0. The van der Waals surface area contributed by atoms with Crippen LogP contribution in [0.2, 0.25) is 5.02 Å². The van der Waals surface area contributed by atoms with Crippen LogP contribution in [0.4, 0.5) is 0 Å². The molecule has 0 amide bonds. The number of hydrogen-bond acceptors (Lipinski definition) is 1. The molecule has 1 heterocycles. The standard InChI is InChI=1S/C11H14ClN/c1-8-6-10(12)11(13-7-8)5-4-9-2-3-9/h6-7,9H,2-5H2,1H3. The van der Waals surface area contributed by atoms with E-state index in [0.717, 1.165) is 28.6 Å². The van der Waals surface area contributed by atoms with Gasteiger partial charge < -0.3 is 0 Å². The molecule has 0 radical (unpaired) electrons. The van der Waals surface area contributed by atoms with E-state index >= 15 is 0 Å². The molecule has 0 saturated heterocycles. The van der Waals surface area contributed by atoms with Gasteiger partial charge in [-0.15, -0.1) is 0 Å². The van der Waals surface area contributed by atoms with Gasteiger partial charge in [0.2, 0.25) is 0 Å². The zero-order valence-electron chi connectivity index (χ0n) is 7.89. The molecule has 0 aromatic carbocycles. The Balaban J connectivity index is 2.01. The molecule has 0 spiro atoms. The average Bonchev–Trinajstić information content (AvgIpc) is 2.86. The van der Waals surface area contributed by atoms with Gasteiger partial charge in [-0.25, -0.2) is 0 Å². The maximum atomic E-state index is 6.07. The smallest absolute Gasteiger partial charge is 0.0624 e. The van der Waals surface area contributed by atoms with Crippen molar-refractivity contribution in [1.29, 1.82) is 0 Å². The van der Waals surface area contributed by atoms with E-state index in [1.54, 1.807) is 0 Å². The normalized spacial score (nSPS) is 16.2. The monoisotopic (exact) mass is 195 g/mol. The maximum absolute atomic E-state index is 6.07. The van der Waals surface area contributed by atoms with Crippen LogP contribution in [0.15, 0.2) is 12.3 Å². The van der Waals surface area contributed by atoms with Crippen molar-refractivity contribution in [3.8, 4) is 0 Å². The van der Waals surface area contributed by atoms with Crippen molar-refractivity contribution in [2.45, 2.75) is 32.6 Å². The Kier molecular flexibility index (Phi) is 2.54. The van der Waals surface area contributed by atoms with Gasteiger partial charge in [-0.05, 0) is 37.3 Å². The highest BCUT2D eigenvalue weighted by Crippen LogP contribution is 2.33. The molecule has 2 heteroatoms. The largest absolute Gasteiger partial charge is 0.259 e. The second-order valence-electron chi connectivity index (χ2n) is 3.92. The summed E-state index contributed by atoms with van der Waals surface area (Å²) < 4.78 is 0. The topological polar surface area (TPSA) is 12.9 Å². The Bertz CT molecular complexity index is 305. The summed E-state index contributed by atoms with van der Waals surface area (Å²) in [4.78, 5) is 4.35. The van der Waals surface area contributed by atoms with E-state index in [1.165, 1.54) is 19.3 Å². The minimum atomic E-state index is 0.834. The second kappa shape index (κ2) is 3.67. The summed E-state index contributed by atoms with van der Waals surface area (Å²) in [5, 5.41) is 0.834. The van der Waals surface area contributed by atoms with Crippen molar-refractivity contribution >= 4 is 11.6 Å². The number of pyridine rings is 1. The van der Waals surface area contributed by atoms with E-state index in [-0.39, 0.29) is 0 Å². The fourth-order valence-electron chi connectivity index (χ4n) is 1.49. The van der Waals surface area contributed by atoms with Gasteiger partial charge in [0.1, 0.15) is 0 Å². The number of halogens is 1. The highest BCUT2D eigenvalue weighted by Gasteiger charge is 2.21. The van der Waals surface area contributed by atoms with Gasteiger partial charge in [-0.2, -0.15) is 0 Å². The lowest BCUT2D eigenvalue weighted by Crippen LogP contribution is -1.93. The lowest BCUT2D eigenvalue weighted by Gasteiger charge is -2.02. The summed E-state index contributed by atoms with van der Waals surface area (Å²) in [6.07, 6.45) is 7.01.